The molecule has 0 rings (SSSR count). The van der Waals surface area contributed by atoms with Crippen molar-refractivity contribution >= 4 is 11.9 Å². The monoisotopic (exact) mass is 161 g/mol. The first-order chi connectivity index (χ1) is 5.00. The molecule has 4 N–H and O–H groups in total. The van der Waals surface area contributed by atoms with Crippen molar-refractivity contribution in [3.05, 3.63) is 0 Å². The van der Waals surface area contributed by atoms with Gasteiger partial charge in [0.1, 0.15) is 6.04 Å². The molecule has 11 heavy (non-hydrogen) atoms. The molecular formula is C6H11NO4. The lowest BCUT2D eigenvalue weighted by molar-refractivity contribution is -0.150. The van der Waals surface area contributed by atoms with Crippen molar-refractivity contribution in [2.75, 3.05) is 0 Å². The smallest absolute Gasteiger partial charge is 0.321 e. The van der Waals surface area contributed by atoms with Gasteiger partial charge in [0.2, 0.25) is 0 Å². The number of nitrogens with two attached hydrogens (primary N) is 1. The van der Waals surface area contributed by atoms with Crippen molar-refractivity contribution in [1.29, 1.82) is 0 Å². The number of carboxylic acid groups (broad SMARTS) is 2. The summed E-state index contributed by atoms with van der Waals surface area (Å²) in [7, 11) is 0. The Hall–Kier alpha value is -1.10. The second kappa shape index (κ2) is 3.92. The lowest BCUT2D eigenvalue weighted by Gasteiger charge is -2.13. The maximum Gasteiger partial charge on any atom is 0.321 e. The van der Waals surface area contributed by atoms with Gasteiger partial charge in [-0.1, -0.05) is 6.92 Å². The van der Waals surface area contributed by atoms with Gasteiger partial charge in [0.05, 0.1) is 5.92 Å². The number of hydrogen-bond acceptors (Lipinski definition) is 3. The van der Waals surface area contributed by atoms with Crippen LogP contribution >= 0.6 is 0 Å². The Morgan fingerprint density at radius 1 is 1.36 bits per heavy atom. The van der Waals surface area contributed by atoms with Crippen LogP contribution in [0.25, 0.3) is 0 Å². The van der Waals surface area contributed by atoms with E-state index in [1.807, 2.05) is 0 Å². The quantitative estimate of drug-likeness (QED) is 0.516. The standard InChI is InChI=1S/C6H11NO4/c1-2-3(5(8)9)4(7)6(10)11/h3-4H,2,7H2,1H3,(H,8,9)(H,10,11)/t3-,4-/m0/s1. The Balaban J connectivity index is 4.25. The van der Waals surface area contributed by atoms with Gasteiger partial charge in [0.15, 0.2) is 0 Å². The fraction of sp³-hybridized carbons (Fsp3) is 0.667. The second-order valence-electron chi connectivity index (χ2n) is 2.22. The molecule has 0 radical (unpaired) electrons. The minimum Gasteiger partial charge on any atom is -0.481 e. The Labute approximate surface area is 63.8 Å². The molecule has 5 nitrogen and oxygen atoms in total. The molecular weight excluding hydrogens is 150 g/mol. The van der Waals surface area contributed by atoms with Crippen LogP contribution in [0.4, 0.5) is 0 Å². The Bertz CT molecular complexity index is 168. The van der Waals surface area contributed by atoms with Crippen LogP contribution in [0.2, 0.25) is 0 Å². The summed E-state index contributed by atoms with van der Waals surface area (Å²) in [5, 5.41) is 16.8. The molecule has 2 atom stereocenters. The highest BCUT2D eigenvalue weighted by molar-refractivity contribution is 5.82. The third-order valence-corrected chi connectivity index (χ3v) is 1.48. The summed E-state index contributed by atoms with van der Waals surface area (Å²) in [5.74, 6) is -3.44. The van der Waals surface area contributed by atoms with E-state index in [1.165, 1.54) is 0 Å². The second-order valence-corrected chi connectivity index (χ2v) is 2.22. The molecule has 0 saturated carbocycles. The third kappa shape index (κ3) is 2.55. The molecule has 0 amide bonds. The number of carbonyl (C=O) groups is 2. The largest absolute Gasteiger partial charge is 0.481 e. The van der Waals surface area contributed by atoms with Crippen LogP contribution < -0.4 is 5.73 Å². The van der Waals surface area contributed by atoms with Gasteiger partial charge < -0.3 is 15.9 Å². The summed E-state index contributed by atoms with van der Waals surface area (Å²) in [6.45, 7) is 1.58. The van der Waals surface area contributed by atoms with Crippen LogP contribution in [-0.2, 0) is 9.59 Å². The van der Waals surface area contributed by atoms with Gasteiger partial charge in [0, 0.05) is 0 Å². The molecule has 0 saturated heterocycles. The molecule has 0 aromatic heterocycles. The number of hydrogen-bond donors (Lipinski definition) is 3. The highest BCUT2D eigenvalue weighted by Crippen LogP contribution is 2.06. The molecule has 0 heterocycles. The highest BCUT2D eigenvalue weighted by Gasteiger charge is 2.28. The van der Waals surface area contributed by atoms with Crippen molar-refractivity contribution in [2.45, 2.75) is 19.4 Å². The first-order valence-corrected chi connectivity index (χ1v) is 3.21. The molecule has 0 aliphatic heterocycles. The van der Waals surface area contributed by atoms with Crippen molar-refractivity contribution in [2.24, 2.45) is 11.7 Å². The first-order valence-electron chi connectivity index (χ1n) is 3.21. The van der Waals surface area contributed by atoms with Gasteiger partial charge in [-0.3, -0.25) is 9.59 Å². The Kier molecular flexibility index (Phi) is 3.53. The van der Waals surface area contributed by atoms with Gasteiger partial charge in [-0.25, -0.2) is 0 Å². The van der Waals surface area contributed by atoms with E-state index < -0.39 is 23.9 Å². The fourth-order valence-electron chi connectivity index (χ4n) is 0.754. The molecule has 0 fully saturated rings. The van der Waals surface area contributed by atoms with Crippen LogP contribution in [0.15, 0.2) is 0 Å². The maximum absolute atomic E-state index is 10.3. The molecule has 0 spiro atoms. The lowest BCUT2D eigenvalue weighted by Crippen LogP contribution is -2.41. The van der Waals surface area contributed by atoms with Crippen LogP contribution in [0.1, 0.15) is 13.3 Å². The average Bonchev–Trinajstić information content (AvgIpc) is 1.88. The van der Waals surface area contributed by atoms with Gasteiger partial charge in [-0.2, -0.15) is 0 Å². The molecule has 0 bridgehead atoms. The molecule has 64 valence electrons. The van der Waals surface area contributed by atoms with Crippen LogP contribution in [-0.4, -0.2) is 28.2 Å². The van der Waals surface area contributed by atoms with Gasteiger partial charge in [0.25, 0.3) is 0 Å². The Morgan fingerprint density at radius 3 is 1.91 bits per heavy atom. The van der Waals surface area contributed by atoms with E-state index in [-0.39, 0.29) is 6.42 Å². The Morgan fingerprint density at radius 2 is 1.82 bits per heavy atom. The highest BCUT2D eigenvalue weighted by atomic mass is 16.4. The van der Waals surface area contributed by atoms with Gasteiger partial charge >= 0.3 is 11.9 Å². The van der Waals surface area contributed by atoms with E-state index in [1.54, 1.807) is 6.92 Å². The zero-order valence-corrected chi connectivity index (χ0v) is 6.15. The molecule has 5 heteroatoms. The fourth-order valence-corrected chi connectivity index (χ4v) is 0.754. The van der Waals surface area contributed by atoms with Gasteiger partial charge in [-0.05, 0) is 6.42 Å². The molecule has 0 unspecified atom stereocenters. The van der Waals surface area contributed by atoms with E-state index in [2.05, 4.69) is 0 Å². The van der Waals surface area contributed by atoms with E-state index >= 15 is 0 Å². The topological polar surface area (TPSA) is 101 Å². The summed E-state index contributed by atoms with van der Waals surface area (Å²) in [6.07, 6.45) is 0.225. The van der Waals surface area contributed by atoms with E-state index in [0.29, 0.717) is 0 Å². The zero-order valence-electron chi connectivity index (χ0n) is 6.15. The zero-order chi connectivity index (χ0) is 9.02. The normalized spacial score (nSPS) is 15.5. The summed E-state index contributed by atoms with van der Waals surface area (Å²) in [6, 6.07) is -1.31. The molecule has 0 aliphatic rings. The third-order valence-electron chi connectivity index (χ3n) is 1.48. The van der Waals surface area contributed by atoms with E-state index in [0.717, 1.165) is 0 Å². The molecule has 0 aromatic carbocycles. The van der Waals surface area contributed by atoms with Crippen molar-refractivity contribution < 1.29 is 19.8 Å². The van der Waals surface area contributed by atoms with E-state index in [4.69, 9.17) is 15.9 Å². The van der Waals surface area contributed by atoms with Crippen molar-refractivity contribution in [1.82, 2.24) is 0 Å². The van der Waals surface area contributed by atoms with Crippen LogP contribution in [0, 0.1) is 5.92 Å². The van der Waals surface area contributed by atoms with Crippen LogP contribution in [0.5, 0.6) is 0 Å². The average molecular weight is 161 g/mol. The number of rotatable bonds is 4. The maximum atomic E-state index is 10.3. The number of carboxylic acids is 2. The van der Waals surface area contributed by atoms with Crippen molar-refractivity contribution in [3.8, 4) is 0 Å². The summed E-state index contributed by atoms with van der Waals surface area (Å²) in [5.41, 5.74) is 5.09. The lowest BCUT2D eigenvalue weighted by atomic mass is 9.98. The molecule has 0 aromatic rings. The number of aliphatic carboxylic acids is 2. The molecule has 0 aliphatic carbocycles. The van der Waals surface area contributed by atoms with Gasteiger partial charge in [-0.15, -0.1) is 0 Å². The first kappa shape index (κ1) is 9.90. The predicted octanol–water partition coefficient (Wildman–Crippen LogP) is -0.491. The van der Waals surface area contributed by atoms with E-state index in [9.17, 15) is 9.59 Å². The summed E-state index contributed by atoms with van der Waals surface area (Å²) in [4.78, 5) is 20.5. The van der Waals surface area contributed by atoms with Crippen LogP contribution in [0.3, 0.4) is 0 Å². The summed E-state index contributed by atoms with van der Waals surface area (Å²) < 4.78 is 0. The van der Waals surface area contributed by atoms with Crippen molar-refractivity contribution in [3.63, 3.8) is 0 Å². The predicted molar refractivity (Wildman–Crippen MR) is 37.0 cm³/mol. The SMILES string of the molecule is CC[C@H](C(=O)O)[C@H](N)C(=O)O. The summed E-state index contributed by atoms with van der Waals surface area (Å²) >= 11 is 0. The minimum absolute atomic E-state index is 0.225. The minimum atomic E-state index is -1.31.